The van der Waals surface area contributed by atoms with E-state index in [1.807, 2.05) is 4.57 Å². The van der Waals surface area contributed by atoms with Crippen LogP contribution < -0.4 is 4.72 Å². The van der Waals surface area contributed by atoms with Gasteiger partial charge in [-0.15, -0.1) is 0 Å². The first-order valence-corrected chi connectivity index (χ1v) is 7.86. The summed E-state index contributed by atoms with van der Waals surface area (Å²) in [5.41, 5.74) is 1.72. The highest BCUT2D eigenvalue weighted by Crippen LogP contribution is 2.26. The van der Waals surface area contributed by atoms with Gasteiger partial charge < -0.3 is 4.57 Å². The maximum atomic E-state index is 11.5. The smallest absolute Gasteiger partial charge is 0.184 e. The summed E-state index contributed by atoms with van der Waals surface area (Å²) < 4.78 is 28.2. The van der Waals surface area contributed by atoms with E-state index in [0.29, 0.717) is 4.90 Å². The topological polar surface area (TPSA) is 64.0 Å². The average Bonchev–Trinajstić information content (AvgIpc) is 2.65. The third kappa shape index (κ3) is 1.84. The zero-order valence-corrected chi connectivity index (χ0v) is 10.8. The fourth-order valence-corrected chi connectivity index (χ4v) is 3.29. The maximum Gasteiger partial charge on any atom is 0.184 e. The average molecular weight is 269 g/mol. The molecular weight excluding hydrogens is 258 g/mol. The van der Waals surface area contributed by atoms with E-state index in [2.05, 4.69) is 9.71 Å². The second-order valence-electron chi connectivity index (χ2n) is 3.97. The summed E-state index contributed by atoms with van der Waals surface area (Å²) in [6, 6.07) is 5.07. The summed E-state index contributed by atoms with van der Waals surface area (Å²) in [7, 11) is -3.16. The Kier molecular flexibility index (Phi) is 2.42. The van der Waals surface area contributed by atoms with E-state index in [1.54, 1.807) is 18.2 Å². The Hall–Kier alpha value is -1.05. The normalized spacial score (nSPS) is 16.1. The van der Waals surface area contributed by atoms with Gasteiger partial charge in [-0.2, -0.15) is 0 Å². The molecule has 0 bridgehead atoms. The molecule has 0 saturated heterocycles. The first-order chi connectivity index (χ1) is 8.05. The van der Waals surface area contributed by atoms with Crippen LogP contribution in [0, 0.1) is 0 Å². The Morgan fingerprint density at radius 2 is 2.29 bits per heavy atom. The Morgan fingerprint density at radius 3 is 3.06 bits per heavy atom. The fourth-order valence-electron chi connectivity index (χ4n) is 1.88. The lowest BCUT2D eigenvalue weighted by atomic mass is 10.3. The van der Waals surface area contributed by atoms with E-state index in [1.165, 1.54) is 18.2 Å². The molecule has 1 aromatic heterocycles. The highest BCUT2D eigenvalue weighted by molar-refractivity contribution is 7.97. The van der Waals surface area contributed by atoms with Crippen LogP contribution in [-0.4, -0.2) is 30.8 Å². The van der Waals surface area contributed by atoms with E-state index >= 15 is 0 Å². The van der Waals surface area contributed by atoms with E-state index in [0.717, 1.165) is 29.3 Å². The van der Waals surface area contributed by atoms with E-state index in [-0.39, 0.29) is 0 Å². The molecule has 5 nitrogen and oxygen atoms in total. The van der Waals surface area contributed by atoms with Crippen molar-refractivity contribution in [2.24, 2.45) is 0 Å². The summed E-state index contributed by atoms with van der Waals surface area (Å²) >= 11 is 1.48. The third-order valence-corrected chi connectivity index (χ3v) is 4.67. The summed E-state index contributed by atoms with van der Waals surface area (Å²) in [6.07, 6.45) is 1.22. The van der Waals surface area contributed by atoms with Crippen molar-refractivity contribution in [3.63, 3.8) is 0 Å². The van der Waals surface area contributed by atoms with Crippen LogP contribution in [0.3, 0.4) is 0 Å². The Bertz CT molecular complexity index is 691. The van der Waals surface area contributed by atoms with Gasteiger partial charge in [0.05, 0.1) is 15.9 Å². The molecule has 0 amide bonds. The summed E-state index contributed by atoms with van der Waals surface area (Å²) in [6.45, 7) is 1.66. The molecular formula is C10H11N3O2S2. The van der Waals surface area contributed by atoms with Gasteiger partial charge in [0.15, 0.2) is 15.0 Å². The van der Waals surface area contributed by atoms with Crippen LogP contribution in [0.15, 0.2) is 28.3 Å². The molecule has 1 N–H and O–H groups in total. The molecule has 1 aliphatic heterocycles. The third-order valence-electron chi connectivity index (χ3n) is 2.71. The number of hydrogen-bond acceptors (Lipinski definition) is 5. The second kappa shape index (κ2) is 3.72. The minimum Gasteiger partial charge on any atom is -0.317 e. The SMILES string of the molecule is CS(=O)(=O)c1ccc2nc3n(c2c1)CCNS3. The van der Waals surface area contributed by atoms with Crippen LogP contribution >= 0.6 is 11.9 Å². The van der Waals surface area contributed by atoms with Crippen molar-refractivity contribution >= 4 is 32.8 Å². The molecule has 0 atom stereocenters. The van der Waals surface area contributed by atoms with Crippen molar-refractivity contribution in [3.05, 3.63) is 18.2 Å². The zero-order valence-electron chi connectivity index (χ0n) is 9.17. The highest BCUT2D eigenvalue weighted by atomic mass is 32.2. The molecule has 0 unspecified atom stereocenters. The molecule has 3 rings (SSSR count). The fraction of sp³-hybridized carbons (Fsp3) is 0.300. The van der Waals surface area contributed by atoms with Crippen LogP contribution in [0.1, 0.15) is 0 Å². The van der Waals surface area contributed by atoms with Crippen LogP contribution in [0.2, 0.25) is 0 Å². The number of nitrogens with one attached hydrogen (secondary N) is 1. The van der Waals surface area contributed by atoms with Crippen LogP contribution in [0.25, 0.3) is 11.0 Å². The van der Waals surface area contributed by atoms with Crippen molar-refractivity contribution in [3.8, 4) is 0 Å². The lowest BCUT2D eigenvalue weighted by Gasteiger charge is -2.14. The zero-order chi connectivity index (χ0) is 12.0. The van der Waals surface area contributed by atoms with E-state index in [9.17, 15) is 8.42 Å². The standard InChI is InChI=1S/C10H11N3O2S2/c1-17(14,15)7-2-3-8-9(6-7)13-5-4-11-16-10(13)12-8/h2-3,6,11H,4-5H2,1H3. The van der Waals surface area contributed by atoms with E-state index in [4.69, 9.17) is 0 Å². The van der Waals surface area contributed by atoms with Crippen LogP contribution in [-0.2, 0) is 16.4 Å². The largest absolute Gasteiger partial charge is 0.317 e. The monoisotopic (exact) mass is 269 g/mol. The van der Waals surface area contributed by atoms with Crippen molar-refractivity contribution in [2.45, 2.75) is 16.6 Å². The van der Waals surface area contributed by atoms with Gasteiger partial charge in [-0.05, 0) is 30.1 Å². The Morgan fingerprint density at radius 1 is 1.47 bits per heavy atom. The number of aromatic nitrogens is 2. The first-order valence-electron chi connectivity index (χ1n) is 5.16. The molecule has 17 heavy (non-hydrogen) atoms. The Labute approximate surface area is 103 Å². The summed E-state index contributed by atoms with van der Waals surface area (Å²) in [5, 5.41) is 0.886. The second-order valence-corrected chi connectivity index (χ2v) is 6.84. The quantitative estimate of drug-likeness (QED) is 0.784. The predicted octanol–water partition coefficient (Wildman–Crippen LogP) is 1.05. The maximum absolute atomic E-state index is 11.5. The van der Waals surface area contributed by atoms with Crippen LogP contribution in [0.4, 0.5) is 0 Å². The van der Waals surface area contributed by atoms with E-state index < -0.39 is 9.84 Å². The van der Waals surface area contributed by atoms with Crippen molar-refractivity contribution in [2.75, 3.05) is 12.8 Å². The van der Waals surface area contributed by atoms with Gasteiger partial charge in [0.1, 0.15) is 0 Å². The molecule has 0 aliphatic carbocycles. The first kappa shape index (κ1) is 11.1. The molecule has 0 radical (unpaired) electrons. The van der Waals surface area contributed by atoms with Gasteiger partial charge in [-0.1, -0.05) is 0 Å². The van der Waals surface area contributed by atoms with Gasteiger partial charge >= 0.3 is 0 Å². The molecule has 7 heteroatoms. The highest BCUT2D eigenvalue weighted by Gasteiger charge is 2.17. The predicted molar refractivity (Wildman–Crippen MR) is 66.7 cm³/mol. The molecule has 90 valence electrons. The van der Waals surface area contributed by atoms with Crippen LogP contribution in [0.5, 0.6) is 0 Å². The Balaban J connectivity index is 2.28. The number of hydrogen-bond donors (Lipinski definition) is 1. The lowest BCUT2D eigenvalue weighted by molar-refractivity contribution is 0.601. The van der Waals surface area contributed by atoms with Gasteiger partial charge in [0.2, 0.25) is 0 Å². The van der Waals surface area contributed by atoms with Crippen molar-refractivity contribution in [1.82, 2.24) is 14.3 Å². The van der Waals surface area contributed by atoms with Crippen molar-refractivity contribution in [1.29, 1.82) is 0 Å². The summed E-state index contributed by atoms with van der Waals surface area (Å²) in [5.74, 6) is 0. The minimum atomic E-state index is -3.16. The molecule has 0 fully saturated rings. The lowest BCUT2D eigenvalue weighted by Crippen LogP contribution is -2.20. The number of imidazole rings is 1. The van der Waals surface area contributed by atoms with Gasteiger partial charge in [0.25, 0.3) is 0 Å². The number of sulfone groups is 1. The number of rotatable bonds is 1. The molecule has 0 spiro atoms. The summed E-state index contributed by atoms with van der Waals surface area (Å²) in [4.78, 5) is 4.79. The number of fused-ring (bicyclic) bond motifs is 3. The molecule has 1 aliphatic rings. The molecule has 0 saturated carbocycles. The number of benzene rings is 1. The van der Waals surface area contributed by atoms with Gasteiger partial charge in [-0.25, -0.2) is 13.4 Å². The van der Waals surface area contributed by atoms with Gasteiger partial charge in [0, 0.05) is 19.3 Å². The van der Waals surface area contributed by atoms with Gasteiger partial charge in [-0.3, -0.25) is 4.72 Å². The minimum absolute atomic E-state index is 0.344. The molecule has 2 heterocycles. The number of nitrogens with zero attached hydrogens (tertiary/aromatic N) is 2. The molecule has 1 aromatic carbocycles. The van der Waals surface area contributed by atoms with Crippen molar-refractivity contribution < 1.29 is 8.42 Å². The molecule has 2 aromatic rings.